The first-order chi connectivity index (χ1) is 1.73. The second kappa shape index (κ2) is 5.80. The van der Waals surface area contributed by atoms with Crippen molar-refractivity contribution in [2.24, 2.45) is 0 Å². The van der Waals surface area contributed by atoms with Crippen LogP contribution >= 0.6 is 0 Å². The van der Waals surface area contributed by atoms with E-state index in [9.17, 15) is 0 Å². The third kappa shape index (κ3) is 25.8. The molecule has 0 aromatic rings. The van der Waals surface area contributed by atoms with Gasteiger partial charge in [-0.05, 0) is 3.44 Å². The van der Waals surface area contributed by atoms with E-state index in [0.29, 0.717) is 0 Å². The summed E-state index contributed by atoms with van der Waals surface area (Å²) < 4.78 is 24.5. The van der Waals surface area contributed by atoms with E-state index < -0.39 is 21.1 Å². The summed E-state index contributed by atoms with van der Waals surface area (Å²) in [7, 11) is 0. The monoisotopic (exact) mass is 315 g/mol. The molecule has 0 aliphatic heterocycles. The van der Waals surface area contributed by atoms with Crippen LogP contribution in [0.3, 0.4) is 0 Å². The molecule has 0 aliphatic rings. The molecule has 0 aromatic carbocycles. The summed E-state index contributed by atoms with van der Waals surface area (Å²) in [6.07, 6.45) is 0. The minimum absolute atomic E-state index is 0. The minimum atomic E-state index is -3.76. The molecule has 0 saturated carbocycles. The maximum absolute atomic E-state index is 8.68. The van der Waals surface area contributed by atoms with E-state index in [2.05, 4.69) is 0 Å². The Kier molecular flexibility index (Phi) is 11.5. The van der Waals surface area contributed by atoms with Gasteiger partial charge >= 0.3 is 21.1 Å². The first kappa shape index (κ1) is 9.93. The number of rotatable bonds is 0. The van der Waals surface area contributed by atoms with Crippen molar-refractivity contribution in [3.8, 4) is 0 Å². The first-order valence-electron chi connectivity index (χ1n) is 0.478. The van der Waals surface area contributed by atoms with Gasteiger partial charge in [-0.3, -0.25) is 0 Å². The minimum Gasteiger partial charge on any atom is -0.396 e. The molecule has 5 heteroatoms. The zero-order valence-electron chi connectivity index (χ0n) is 2.22. The molecule has 5 heavy (non-hydrogen) atoms. The molecule has 1 radical (unpaired) electrons. The van der Waals surface area contributed by atoms with Crippen LogP contribution in [0.1, 0.15) is 0 Å². The average molecular weight is 315 g/mol. The second-order valence-electron chi connectivity index (χ2n) is 0.201. The van der Waals surface area contributed by atoms with Gasteiger partial charge in [-0.15, -0.1) is 0 Å². The van der Waals surface area contributed by atoms with Gasteiger partial charge in [-0.2, -0.15) is 0 Å². The number of halogens is 1. The van der Waals surface area contributed by atoms with E-state index in [1.807, 2.05) is 0 Å². The Labute approximate surface area is 66.0 Å². The Morgan fingerprint density at radius 1 is 1.40 bits per heavy atom. The first-order valence-corrected chi connectivity index (χ1v) is 3.20. The maximum atomic E-state index is 8.68. The van der Waals surface area contributed by atoms with Crippen molar-refractivity contribution in [2.75, 3.05) is 0 Å². The molecule has 1 N–H and O–H groups in total. The van der Waals surface area contributed by atoms with Crippen molar-refractivity contribution < 1.29 is 67.0 Å². The average Bonchev–Trinajstić information content (AvgIpc) is 0.811. The van der Waals surface area contributed by atoms with Crippen LogP contribution in [-0.4, -0.2) is 3.44 Å². The third-order valence-electron chi connectivity index (χ3n) is 0. The molecule has 0 fully saturated rings. The Hall–Kier alpha value is 1.80. The zero-order valence-corrected chi connectivity index (χ0v) is 8.00. The van der Waals surface area contributed by atoms with E-state index in [1.54, 1.807) is 0 Å². The molecule has 0 aromatic heterocycles. The standard InChI is InChI=1S/HIO3.La/c2-1(3)4;/h2H;. The van der Waals surface area contributed by atoms with E-state index in [4.69, 9.17) is 10.3 Å². The van der Waals surface area contributed by atoms with Crippen molar-refractivity contribution in [1.82, 2.24) is 0 Å². The zero-order chi connectivity index (χ0) is 3.58. The van der Waals surface area contributed by atoms with Gasteiger partial charge in [0.2, 0.25) is 0 Å². The van der Waals surface area contributed by atoms with Crippen LogP contribution in [0, 0.1) is 35.6 Å². The predicted molar refractivity (Wildman–Crippen MR) is 2.22 cm³/mol. The van der Waals surface area contributed by atoms with Crippen LogP contribution in [0.15, 0.2) is 0 Å². The Morgan fingerprint density at radius 2 is 1.40 bits per heavy atom. The van der Waals surface area contributed by atoms with Crippen LogP contribution < -0.4 is 27.9 Å². The summed E-state index contributed by atoms with van der Waals surface area (Å²) in [5, 5.41) is 0. The maximum Gasteiger partial charge on any atom is 0.503 e. The van der Waals surface area contributed by atoms with Crippen LogP contribution in [0.2, 0.25) is 0 Å². The molecule has 0 atom stereocenters. The van der Waals surface area contributed by atoms with Gasteiger partial charge in [0.25, 0.3) is 0 Å². The van der Waals surface area contributed by atoms with Crippen LogP contribution in [0.4, 0.5) is 0 Å². The molecular weight excluding hydrogens is 314 g/mol. The molecule has 0 unspecified atom stereocenters. The fourth-order valence-electron chi connectivity index (χ4n) is 0. The van der Waals surface area contributed by atoms with Gasteiger partial charge in [0.15, 0.2) is 0 Å². The summed E-state index contributed by atoms with van der Waals surface area (Å²) in [4.78, 5) is 0. The SMILES string of the molecule is [La].[O-][I+2]([O-])O. The van der Waals surface area contributed by atoms with Gasteiger partial charge in [0.05, 0.1) is 0 Å². The van der Waals surface area contributed by atoms with Crippen LogP contribution in [0.25, 0.3) is 0 Å². The molecule has 3 nitrogen and oxygen atoms in total. The van der Waals surface area contributed by atoms with Crippen molar-refractivity contribution in [2.45, 2.75) is 0 Å². The van der Waals surface area contributed by atoms with Crippen LogP contribution in [0.5, 0.6) is 0 Å². The molecule has 0 rings (SSSR count). The van der Waals surface area contributed by atoms with Gasteiger partial charge in [-0.25, -0.2) is 0 Å². The van der Waals surface area contributed by atoms with Gasteiger partial charge in [-0.1, -0.05) is 0 Å². The molecule has 0 amide bonds. The molecule has 0 saturated heterocycles. The Balaban J connectivity index is 0. The second-order valence-corrected chi connectivity index (χ2v) is 1.35. The summed E-state index contributed by atoms with van der Waals surface area (Å²) in [5.74, 6) is 0. The topological polar surface area (TPSA) is 66.3 Å². The fourth-order valence-corrected chi connectivity index (χ4v) is 0. The van der Waals surface area contributed by atoms with Gasteiger partial charge in [0.1, 0.15) is 0 Å². The van der Waals surface area contributed by atoms with Crippen LogP contribution in [-0.2, 0) is 0 Å². The van der Waals surface area contributed by atoms with Crippen molar-refractivity contribution in [1.29, 1.82) is 0 Å². The summed E-state index contributed by atoms with van der Waals surface area (Å²) >= 11 is -3.76. The van der Waals surface area contributed by atoms with Crippen molar-refractivity contribution in [3.05, 3.63) is 0 Å². The number of hydrogen-bond acceptors (Lipinski definition) is 3. The number of hydrogen-bond donors (Lipinski definition) is 1. The molecule has 0 aliphatic carbocycles. The van der Waals surface area contributed by atoms with E-state index in [1.165, 1.54) is 0 Å². The molecular formula is HILaO3. The van der Waals surface area contributed by atoms with Crippen molar-refractivity contribution >= 4 is 0 Å². The summed E-state index contributed by atoms with van der Waals surface area (Å²) in [6, 6.07) is 0. The normalized spacial score (nSPS) is 7.20. The summed E-state index contributed by atoms with van der Waals surface area (Å²) in [6.45, 7) is 0. The molecule has 0 bridgehead atoms. The van der Waals surface area contributed by atoms with Gasteiger partial charge < -0.3 is 6.87 Å². The van der Waals surface area contributed by atoms with E-state index in [0.717, 1.165) is 0 Å². The predicted octanol–water partition coefficient (Wildman–Crippen LogP) is -5.93. The van der Waals surface area contributed by atoms with E-state index >= 15 is 0 Å². The Morgan fingerprint density at radius 3 is 1.40 bits per heavy atom. The fraction of sp³-hybridized carbons (Fsp3) is 0. The molecule has 0 heterocycles. The van der Waals surface area contributed by atoms with Crippen molar-refractivity contribution in [3.63, 3.8) is 0 Å². The Bertz CT molecular complexity index is 11.6. The largest absolute Gasteiger partial charge is 0.503 e. The summed E-state index contributed by atoms with van der Waals surface area (Å²) in [5.41, 5.74) is 0. The quantitative estimate of drug-likeness (QED) is 0.453. The smallest absolute Gasteiger partial charge is 0.396 e. The van der Waals surface area contributed by atoms with Gasteiger partial charge in [0, 0.05) is 35.6 Å². The van der Waals surface area contributed by atoms with E-state index in [-0.39, 0.29) is 35.6 Å². The molecule has 0 spiro atoms. The third-order valence-corrected chi connectivity index (χ3v) is 0. The molecule has 29 valence electrons.